The predicted molar refractivity (Wildman–Crippen MR) is 74.2 cm³/mol. The van der Waals surface area contributed by atoms with Gasteiger partial charge in [0.1, 0.15) is 0 Å². The van der Waals surface area contributed by atoms with Crippen molar-refractivity contribution >= 4 is 10.8 Å². The van der Waals surface area contributed by atoms with Crippen molar-refractivity contribution in [3.8, 4) is 0 Å². The van der Waals surface area contributed by atoms with E-state index in [0.29, 0.717) is 0 Å². The second-order valence-electron chi connectivity index (χ2n) is 4.68. The van der Waals surface area contributed by atoms with Crippen molar-refractivity contribution in [3.05, 3.63) is 42.2 Å². The molecule has 0 atom stereocenters. The van der Waals surface area contributed by atoms with Crippen molar-refractivity contribution in [1.29, 1.82) is 0 Å². The topological polar surface area (TPSA) is 12.9 Å². The molecule has 0 unspecified atom stereocenters. The van der Waals surface area contributed by atoms with Crippen LogP contribution < -0.4 is 0 Å². The zero-order valence-corrected chi connectivity index (χ0v) is 10.7. The van der Waals surface area contributed by atoms with E-state index in [4.69, 9.17) is 0 Å². The lowest BCUT2D eigenvalue weighted by Gasteiger charge is -2.05. The number of benzene rings is 1. The summed E-state index contributed by atoms with van der Waals surface area (Å²) < 4.78 is 0. The van der Waals surface area contributed by atoms with E-state index in [1.165, 1.54) is 54.9 Å². The van der Waals surface area contributed by atoms with Gasteiger partial charge in [-0.25, -0.2) is 0 Å². The van der Waals surface area contributed by atoms with Crippen LogP contribution in [-0.2, 0) is 6.42 Å². The third kappa shape index (κ3) is 3.29. The number of aromatic nitrogens is 1. The Morgan fingerprint density at radius 3 is 2.76 bits per heavy atom. The number of aryl methyl sites for hydroxylation is 1. The van der Waals surface area contributed by atoms with Gasteiger partial charge in [-0.05, 0) is 29.9 Å². The minimum atomic E-state index is 1.19. The SMILES string of the molecule is CCCCCCCc1cccc2ccncc12. The van der Waals surface area contributed by atoms with Crippen molar-refractivity contribution in [1.82, 2.24) is 4.98 Å². The minimum Gasteiger partial charge on any atom is -0.264 e. The van der Waals surface area contributed by atoms with Crippen LogP contribution in [0.4, 0.5) is 0 Å². The summed E-state index contributed by atoms with van der Waals surface area (Å²) in [6.07, 6.45) is 11.8. The standard InChI is InChI=1S/C16H21N/c1-2-3-4-5-6-8-14-9-7-10-15-11-12-17-13-16(14)15/h7,9-13H,2-6,8H2,1H3. The van der Waals surface area contributed by atoms with Gasteiger partial charge in [0.05, 0.1) is 0 Å². The molecule has 1 nitrogen and oxygen atoms in total. The molecular weight excluding hydrogens is 206 g/mol. The molecule has 90 valence electrons. The molecule has 0 aliphatic carbocycles. The fraction of sp³-hybridized carbons (Fsp3) is 0.438. The van der Waals surface area contributed by atoms with Crippen LogP contribution in [-0.4, -0.2) is 4.98 Å². The molecule has 0 amide bonds. The zero-order valence-electron chi connectivity index (χ0n) is 10.7. The van der Waals surface area contributed by atoms with Gasteiger partial charge in [-0.3, -0.25) is 4.98 Å². The van der Waals surface area contributed by atoms with Crippen LogP contribution >= 0.6 is 0 Å². The molecule has 0 spiro atoms. The molecule has 2 aromatic rings. The van der Waals surface area contributed by atoms with E-state index in [2.05, 4.69) is 36.2 Å². The molecule has 0 saturated carbocycles. The van der Waals surface area contributed by atoms with E-state index in [-0.39, 0.29) is 0 Å². The third-order valence-corrected chi connectivity index (χ3v) is 3.32. The van der Waals surface area contributed by atoms with Crippen molar-refractivity contribution < 1.29 is 0 Å². The van der Waals surface area contributed by atoms with Crippen LogP contribution in [0.1, 0.15) is 44.6 Å². The fourth-order valence-electron chi connectivity index (χ4n) is 2.31. The molecular formula is C16H21N. The fourth-order valence-corrected chi connectivity index (χ4v) is 2.31. The summed E-state index contributed by atoms with van der Waals surface area (Å²) in [5.41, 5.74) is 1.45. The van der Waals surface area contributed by atoms with Crippen LogP contribution in [0.25, 0.3) is 10.8 Å². The summed E-state index contributed by atoms with van der Waals surface area (Å²) in [5.74, 6) is 0. The predicted octanol–water partition coefficient (Wildman–Crippen LogP) is 4.75. The lowest BCUT2D eigenvalue weighted by atomic mass is 10.0. The first-order valence-corrected chi connectivity index (χ1v) is 6.73. The number of hydrogen-bond donors (Lipinski definition) is 0. The van der Waals surface area contributed by atoms with Gasteiger partial charge in [0.2, 0.25) is 0 Å². The van der Waals surface area contributed by atoms with Gasteiger partial charge in [-0.1, -0.05) is 50.8 Å². The van der Waals surface area contributed by atoms with Crippen LogP contribution in [0.15, 0.2) is 36.7 Å². The average molecular weight is 227 g/mol. The Morgan fingerprint density at radius 1 is 1.00 bits per heavy atom. The van der Waals surface area contributed by atoms with E-state index in [9.17, 15) is 0 Å². The van der Waals surface area contributed by atoms with Gasteiger partial charge >= 0.3 is 0 Å². The molecule has 0 N–H and O–H groups in total. The number of nitrogens with zero attached hydrogens (tertiary/aromatic N) is 1. The highest BCUT2D eigenvalue weighted by molar-refractivity contribution is 5.84. The van der Waals surface area contributed by atoms with Crippen LogP contribution in [0.3, 0.4) is 0 Å². The number of hydrogen-bond acceptors (Lipinski definition) is 1. The number of rotatable bonds is 6. The first-order valence-electron chi connectivity index (χ1n) is 6.73. The molecule has 0 aliphatic heterocycles. The minimum absolute atomic E-state index is 1.19. The maximum Gasteiger partial charge on any atom is 0.0349 e. The van der Waals surface area contributed by atoms with Crippen LogP contribution in [0.5, 0.6) is 0 Å². The molecule has 0 aliphatic rings. The largest absolute Gasteiger partial charge is 0.264 e. The summed E-state index contributed by atoms with van der Waals surface area (Å²) in [6, 6.07) is 8.65. The van der Waals surface area contributed by atoms with E-state index in [1.54, 1.807) is 0 Å². The Balaban J connectivity index is 1.98. The summed E-state index contributed by atoms with van der Waals surface area (Å²) in [4.78, 5) is 4.23. The Labute approximate surface area is 104 Å². The van der Waals surface area contributed by atoms with Crippen molar-refractivity contribution in [2.24, 2.45) is 0 Å². The molecule has 17 heavy (non-hydrogen) atoms. The van der Waals surface area contributed by atoms with Gasteiger partial charge in [0.15, 0.2) is 0 Å². The first-order chi connectivity index (χ1) is 8.42. The molecule has 0 bridgehead atoms. The first kappa shape index (κ1) is 12.1. The van der Waals surface area contributed by atoms with Crippen molar-refractivity contribution in [2.75, 3.05) is 0 Å². The number of unbranched alkanes of at least 4 members (excludes halogenated alkanes) is 4. The van der Waals surface area contributed by atoms with Crippen LogP contribution in [0.2, 0.25) is 0 Å². The van der Waals surface area contributed by atoms with Gasteiger partial charge < -0.3 is 0 Å². The van der Waals surface area contributed by atoms with E-state index >= 15 is 0 Å². The van der Waals surface area contributed by atoms with E-state index < -0.39 is 0 Å². The Bertz CT molecular complexity index is 457. The molecule has 2 rings (SSSR count). The maximum absolute atomic E-state index is 4.23. The Hall–Kier alpha value is -1.37. The second kappa shape index (κ2) is 6.39. The molecule has 1 aromatic heterocycles. The van der Waals surface area contributed by atoms with Gasteiger partial charge in [0, 0.05) is 17.8 Å². The third-order valence-electron chi connectivity index (χ3n) is 3.32. The summed E-state index contributed by atoms with van der Waals surface area (Å²) in [7, 11) is 0. The molecule has 0 saturated heterocycles. The Morgan fingerprint density at radius 2 is 1.88 bits per heavy atom. The second-order valence-corrected chi connectivity index (χ2v) is 4.68. The van der Waals surface area contributed by atoms with Crippen molar-refractivity contribution in [2.45, 2.75) is 45.4 Å². The number of pyridine rings is 1. The Kier molecular flexibility index (Phi) is 4.54. The quantitative estimate of drug-likeness (QED) is 0.649. The van der Waals surface area contributed by atoms with E-state index in [0.717, 1.165) is 0 Å². The highest BCUT2D eigenvalue weighted by Gasteiger charge is 2.00. The molecule has 1 aromatic carbocycles. The maximum atomic E-state index is 4.23. The van der Waals surface area contributed by atoms with Gasteiger partial charge in [0.25, 0.3) is 0 Å². The lowest BCUT2D eigenvalue weighted by Crippen LogP contribution is -1.88. The van der Waals surface area contributed by atoms with Crippen molar-refractivity contribution in [3.63, 3.8) is 0 Å². The van der Waals surface area contributed by atoms with Gasteiger partial charge in [-0.2, -0.15) is 0 Å². The normalized spacial score (nSPS) is 10.9. The highest BCUT2D eigenvalue weighted by atomic mass is 14.6. The zero-order chi connectivity index (χ0) is 11.9. The summed E-state index contributed by atoms with van der Waals surface area (Å²) >= 11 is 0. The summed E-state index contributed by atoms with van der Waals surface area (Å²) in [5, 5.41) is 2.64. The van der Waals surface area contributed by atoms with Crippen LogP contribution in [0, 0.1) is 0 Å². The average Bonchev–Trinajstić information content (AvgIpc) is 2.39. The van der Waals surface area contributed by atoms with Gasteiger partial charge in [-0.15, -0.1) is 0 Å². The molecule has 1 heteroatoms. The highest BCUT2D eigenvalue weighted by Crippen LogP contribution is 2.19. The smallest absolute Gasteiger partial charge is 0.0349 e. The lowest BCUT2D eigenvalue weighted by molar-refractivity contribution is 0.633. The number of fused-ring (bicyclic) bond motifs is 1. The summed E-state index contributed by atoms with van der Waals surface area (Å²) in [6.45, 7) is 2.26. The molecule has 0 radical (unpaired) electrons. The van der Waals surface area contributed by atoms with E-state index in [1.807, 2.05) is 12.4 Å². The molecule has 1 heterocycles. The molecule has 0 fully saturated rings. The monoisotopic (exact) mass is 227 g/mol.